The van der Waals surface area contributed by atoms with Gasteiger partial charge in [0.2, 0.25) is 0 Å². The molecule has 2 atom stereocenters. The molecular formula is C17H22ClNO. The molecule has 108 valence electrons. The normalized spacial score (nSPS) is 26.1. The molecule has 0 radical (unpaired) electrons. The van der Waals surface area contributed by atoms with Gasteiger partial charge in [0.25, 0.3) is 5.91 Å². The van der Waals surface area contributed by atoms with Crippen LogP contribution in [0.1, 0.15) is 54.4 Å². The van der Waals surface area contributed by atoms with Gasteiger partial charge in [-0.15, -0.1) is 11.6 Å². The highest BCUT2D eigenvalue weighted by Gasteiger charge is 2.35. The summed E-state index contributed by atoms with van der Waals surface area (Å²) in [5, 5.41) is 0. The van der Waals surface area contributed by atoms with Crippen molar-refractivity contribution in [1.82, 2.24) is 4.90 Å². The van der Waals surface area contributed by atoms with Crippen LogP contribution in [0.5, 0.6) is 0 Å². The van der Waals surface area contributed by atoms with Crippen LogP contribution in [-0.4, -0.2) is 23.4 Å². The SMILES string of the molecule is O=C(c1cccc(CCl)c1)N1CCC[C@H]2CCCC[C@H]21. The Balaban J connectivity index is 1.81. The van der Waals surface area contributed by atoms with Crippen LogP contribution in [0, 0.1) is 5.92 Å². The summed E-state index contributed by atoms with van der Waals surface area (Å²) in [5.74, 6) is 1.40. The van der Waals surface area contributed by atoms with Crippen molar-refractivity contribution in [3.8, 4) is 0 Å². The van der Waals surface area contributed by atoms with E-state index in [1.54, 1.807) is 0 Å². The molecule has 0 N–H and O–H groups in total. The molecule has 1 aromatic rings. The number of amides is 1. The lowest BCUT2D eigenvalue weighted by Crippen LogP contribution is -2.49. The Bertz CT molecular complexity index is 486. The molecule has 0 bridgehead atoms. The molecule has 1 amide bonds. The Labute approximate surface area is 126 Å². The Morgan fingerprint density at radius 1 is 1.20 bits per heavy atom. The molecule has 2 nitrogen and oxygen atoms in total. The average molecular weight is 292 g/mol. The van der Waals surface area contributed by atoms with E-state index in [1.165, 1.54) is 32.1 Å². The fourth-order valence-corrected chi connectivity index (χ4v) is 4.00. The molecule has 0 spiro atoms. The highest BCUT2D eigenvalue weighted by Crippen LogP contribution is 2.35. The van der Waals surface area contributed by atoms with Crippen molar-refractivity contribution in [3.63, 3.8) is 0 Å². The number of likely N-dealkylation sites (tertiary alicyclic amines) is 1. The number of rotatable bonds is 2. The minimum absolute atomic E-state index is 0.202. The molecule has 2 aliphatic rings. The summed E-state index contributed by atoms with van der Waals surface area (Å²) < 4.78 is 0. The smallest absolute Gasteiger partial charge is 0.254 e. The third-order valence-electron chi connectivity index (χ3n) is 4.83. The van der Waals surface area contributed by atoms with Gasteiger partial charge >= 0.3 is 0 Å². The van der Waals surface area contributed by atoms with E-state index in [2.05, 4.69) is 4.90 Å². The lowest BCUT2D eigenvalue weighted by atomic mass is 9.78. The Kier molecular flexibility index (Phi) is 4.30. The van der Waals surface area contributed by atoms with Crippen LogP contribution in [-0.2, 0) is 5.88 Å². The van der Waals surface area contributed by atoms with Gasteiger partial charge < -0.3 is 4.90 Å². The molecule has 1 aliphatic heterocycles. The second-order valence-corrected chi connectivity index (χ2v) is 6.35. The molecule has 1 aromatic carbocycles. The standard InChI is InChI=1S/C17H22ClNO/c18-12-13-5-3-7-15(11-13)17(20)19-10-4-8-14-6-1-2-9-16(14)19/h3,5,7,11,14,16H,1-2,4,6,8-10,12H2/t14-,16-/m1/s1. The van der Waals surface area contributed by atoms with Crippen molar-refractivity contribution in [2.75, 3.05) is 6.54 Å². The van der Waals surface area contributed by atoms with Crippen molar-refractivity contribution in [2.24, 2.45) is 5.92 Å². The number of nitrogens with zero attached hydrogens (tertiary/aromatic N) is 1. The van der Waals surface area contributed by atoms with E-state index in [0.717, 1.165) is 30.0 Å². The number of carbonyl (C=O) groups excluding carboxylic acids is 1. The lowest BCUT2D eigenvalue weighted by molar-refractivity contribution is 0.0390. The summed E-state index contributed by atoms with van der Waals surface area (Å²) in [4.78, 5) is 14.9. The maximum atomic E-state index is 12.8. The van der Waals surface area contributed by atoms with Gasteiger partial charge in [-0.1, -0.05) is 25.0 Å². The Morgan fingerprint density at radius 3 is 2.85 bits per heavy atom. The van der Waals surface area contributed by atoms with Crippen LogP contribution < -0.4 is 0 Å². The van der Waals surface area contributed by atoms with Gasteiger partial charge in [0, 0.05) is 24.0 Å². The zero-order valence-electron chi connectivity index (χ0n) is 11.9. The molecule has 20 heavy (non-hydrogen) atoms. The van der Waals surface area contributed by atoms with E-state index in [0.29, 0.717) is 11.9 Å². The van der Waals surface area contributed by atoms with Gasteiger partial charge in [0.1, 0.15) is 0 Å². The second kappa shape index (κ2) is 6.17. The number of piperidine rings is 1. The maximum Gasteiger partial charge on any atom is 0.254 e. The van der Waals surface area contributed by atoms with Crippen molar-refractivity contribution in [3.05, 3.63) is 35.4 Å². The third-order valence-corrected chi connectivity index (χ3v) is 5.14. The van der Waals surface area contributed by atoms with Crippen molar-refractivity contribution >= 4 is 17.5 Å². The molecule has 1 saturated carbocycles. The van der Waals surface area contributed by atoms with Crippen LogP contribution in [0.3, 0.4) is 0 Å². The number of carbonyl (C=O) groups is 1. The van der Waals surface area contributed by atoms with Crippen LogP contribution in [0.15, 0.2) is 24.3 Å². The van der Waals surface area contributed by atoms with E-state index in [4.69, 9.17) is 11.6 Å². The number of halogens is 1. The van der Waals surface area contributed by atoms with Gasteiger partial charge in [-0.2, -0.15) is 0 Å². The lowest BCUT2D eigenvalue weighted by Gasteiger charge is -2.44. The van der Waals surface area contributed by atoms with Crippen LogP contribution in [0.25, 0.3) is 0 Å². The minimum atomic E-state index is 0.202. The van der Waals surface area contributed by atoms with E-state index in [9.17, 15) is 4.79 Å². The van der Waals surface area contributed by atoms with Crippen molar-refractivity contribution in [2.45, 2.75) is 50.4 Å². The summed E-state index contributed by atoms with van der Waals surface area (Å²) in [5.41, 5.74) is 1.82. The van der Waals surface area contributed by atoms with Gasteiger partial charge in [0.15, 0.2) is 0 Å². The first kappa shape index (κ1) is 13.9. The third kappa shape index (κ3) is 2.71. The molecule has 0 unspecified atom stereocenters. The number of hydrogen-bond acceptors (Lipinski definition) is 1. The molecule has 0 aromatic heterocycles. The van der Waals surface area contributed by atoms with Crippen molar-refractivity contribution in [1.29, 1.82) is 0 Å². The average Bonchev–Trinajstić information content (AvgIpc) is 2.53. The number of benzene rings is 1. The number of fused-ring (bicyclic) bond motifs is 1. The largest absolute Gasteiger partial charge is 0.335 e. The highest BCUT2D eigenvalue weighted by molar-refractivity contribution is 6.17. The van der Waals surface area contributed by atoms with Gasteiger partial charge in [-0.05, 0) is 49.3 Å². The summed E-state index contributed by atoms with van der Waals surface area (Å²) in [7, 11) is 0. The molecule has 1 aliphatic carbocycles. The summed E-state index contributed by atoms with van der Waals surface area (Å²) in [6, 6.07) is 8.26. The van der Waals surface area contributed by atoms with Crippen LogP contribution >= 0.6 is 11.6 Å². The first-order chi connectivity index (χ1) is 9.79. The highest BCUT2D eigenvalue weighted by atomic mass is 35.5. The van der Waals surface area contributed by atoms with E-state index in [1.807, 2.05) is 24.3 Å². The molecule has 2 fully saturated rings. The summed E-state index contributed by atoms with van der Waals surface area (Å²) in [6.07, 6.45) is 7.55. The van der Waals surface area contributed by atoms with E-state index in [-0.39, 0.29) is 5.91 Å². The first-order valence-electron chi connectivity index (χ1n) is 7.75. The van der Waals surface area contributed by atoms with Gasteiger partial charge in [-0.3, -0.25) is 4.79 Å². The van der Waals surface area contributed by atoms with Gasteiger partial charge in [-0.25, -0.2) is 0 Å². The second-order valence-electron chi connectivity index (χ2n) is 6.09. The molecule has 3 heteroatoms. The first-order valence-corrected chi connectivity index (χ1v) is 8.29. The fraction of sp³-hybridized carbons (Fsp3) is 0.588. The van der Waals surface area contributed by atoms with Gasteiger partial charge in [0.05, 0.1) is 0 Å². The molecule has 1 heterocycles. The van der Waals surface area contributed by atoms with E-state index < -0.39 is 0 Å². The quantitative estimate of drug-likeness (QED) is 0.747. The number of hydrogen-bond donors (Lipinski definition) is 0. The molecular weight excluding hydrogens is 270 g/mol. The topological polar surface area (TPSA) is 20.3 Å². The molecule has 1 saturated heterocycles. The van der Waals surface area contributed by atoms with E-state index >= 15 is 0 Å². The summed E-state index contributed by atoms with van der Waals surface area (Å²) in [6.45, 7) is 0.922. The molecule has 3 rings (SSSR count). The maximum absolute atomic E-state index is 12.8. The van der Waals surface area contributed by atoms with Crippen LogP contribution in [0.2, 0.25) is 0 Å². The van der Waals surface area contributed by atoms with Crippen molar-refractivity contribution < 1.29 is 4.79 Å². The fourth-order valence-electron chi connectivity index (χ4n) is 3.83. The predicted octanol–water partition coefficient (Wildman–Crippen LogP) is 4.22. The minimum Gasteiger partial charge on any atom is -0.335 e. The zero-order chi connectivity index (χ0) is 13.9. The predicted molar refractivity (Wildman–Crippen MR) is 82.0 cm³/mol. The van der Waals surface area contributed by atoms with Crippen LogP contribution in [0.4, 0.5) is 0 Å². The zero-order valence-corrected chi connectivity index (χ0v) is 12.6. The Hall–Kier alpha value is -1.02. The summed E-state index contributed by atoms with van der Waals surface area (Å²) >= 11 is 5.88. The monoisotopic (exact) mass is 291 g/mol. The number of alkyl halides is 1. The Morgan fingerprint density at radius 2 is 2.00 bits per heavy atom.